The third-order valence-electron chi connectivity index (χ3n) is 3.20. The fourth-order valence-electron chi connectivity index (χ4n) is 1.30. The van der Waals surface area contributed by atoms with Crippen molar-refractivity contribution in [2.45, 2.75) is 54.0 Å². The molecule has 0 saturated carbocycles. The zero-order valence-electron chi connectivity index (χ0n) is 11.8. The first-order chi connectivity index (χ1) is 7.75. The zero-order chi connectivity index (χ0) is 13.2. The predicted molar refractivity (Wildman–Crippen MR) is 73.1 cm³/mol. The molecular formula is C13H24N4. The van der Waals surface area contributed by atoms with E-state index in [4.69, 9.17) is 5.73 Å². The zero-order valence-corrected chi connectivity index (χ0v) is 11.8. The summed E-state index contributed by atoms with van der Waals surface area (Å²) in [5.74, 6) is 2.22. The monoisotopic (exact) mass is 236 g/mol. The average Bonchev–Trinajstić information content (AvgIpc) is 2.22. The van der Waals surface area contributed by atoms with Crippen LogP contribution < -0.4 is 11.1 Å². The van der Waals surface area contributed by atoms with E-state index >= 15 is 0 Å². The second-order valence-corrected chi connectivity index (χ2v) is 5.58. The minimum Gasteiger partial charge on any atom is -0.383 e. The van der Waals surface area contributed by atoms with Crippen molar-refractivity contribution in [1.82, 2.24) is 9.97 Å². The Hall–Kier alpha value is -1.32. The smallest absolute Gasteiger partial charge is 0.134 e. The first-order valence-corrected chi connectivity index (χ1v) is 6.15. The standard InChI is InChI=1S/C13H24N4/c1-7-10-16-11(14)8(2)12(17-10)15-9(3)13(4,5)6/h9H,7H2,1-6H3,(H3,14,15,16,17). The molecule has 0 aromatic carbocycles. The number of hydrogen-bond donors (Lipinski definition) is 2. The number of nitrogens with zero attached hydrogens (tertiary/aromatic N) is 2. The van der Waals surface area contributed by atoms with Crippen molar-refractivity contribution in [3.8, 4) is 0 Å². The molecule has 0 fully saturated rings. The van der Waals surface area contributed by atoms with Crippen LogP contribution in [0.4, 0.5) is 11.6 Å². The van der Waals surface area contributed by atoms with Crippen LogP contribution in [0.1, 0.15) is 46.0 Å². The van der Waals surface area contributed by atoms with Gasteiger partial charge >= 0.3 is 0 Å². The van der Waals surface area contributed by atoms with Crippen molar-refractivity contribution in [3.05, 3.63) is 11.4 Å². The van der Waals surface area contributed by atoms with Crippen molar-refractivity contribution in [2.24, 2.45) is 5.41 Å². The Morgan fingerprint density at radius 1 is 1.29 bits per heavy atom. The summed E-state index contributed by atoms with van der Waals surface area (Å²) < 4.78 is 0. The summed E-state index contributed by atoms with van der Waals surface area (Å²) >= 11 is 0. The summed E-state index contributed by atoms with van der Waals surface area (Å²) in [4.78, 5) is 8.75. The van der Waals surface area contributed by atoms with Gasteiger partial charge in [0.25, 0.3) is 0 Å². The van der Waals surface area contributed by atoms with Crippen LogP contribution >= 0.6 is 0 Å². The van der Waals surface area contributed by atoms with E-state index in [1.165, 1.54) is 0 Å². The van der Waals surface area contributed by atoms with E-state index in [9.17, 15) is 0 Å². The second kappa shape index (κ2) is 4.90. The van der Waals surface area contributed by atoms with E-state index in [-0.39, 0.29) is 5.41 Å². The predicted octanol–water partition coefficient (Wildman–Crippen LogP) is 2.78. The highest BCUT2D eigenvalue weighted by atomic mass is 15.1. The molecule has 1 aromatic heterocycles. The Kier molecular flexibility index (Phi) is 3.96. The summed E-state index contributed by atoms with van der Waals surface area (Å²) in [6.45, 7) is 12.7. The number of nitrogens with one attached hydrogen (secondary N) is 1. The molecule has 4 heteroatoms. The Morgan fingerprint density at radius 3 is 2.35 bits per heavy atom. The van der Waals surface area contributed by atoms with Gasteiger partial charge in [-0.15, -0.1) is 0 Å². The number of aromatic nitrogens is 2. The lowest BCUT2D eigenvalue weighted by Crippen LogP contribution is -2.31. The highest BCUT2D eigenvalue weighted by Crippen LogP contribution is 2.25. The van der Waals surface area contributed by atoms with E-state index < -0.39 is 0 Å². The lowest BCUT2D eigenvalue weighted by molar-refractivity contribution is 0.358. The van der Waals surface area contributed by atoms with Gasteiger partial charge in [0.05, 0.1) is 0 Å². The average molecular weight is 236 g/mol. The highest BCUT2D eigenvalue weighted by molar-refractivity contribution is 5.55. The van der Waals surface area contributed by atoms with Crippen molar-refractivity contribution >= 4 is 11.6 Å². The van der Waals surface area contributed by atoms with Crippen LogP contribution in [0.25, 0.3) is 0 Å². The van der Waals surface area contributed by atoms with Crippen LogP contribution in [0.2, 0.25) is 0 Å². The van der Waals surface area contributed by atoms with E-state index in [1.807, 2.05) is 13.8 Å². The topological polar surface area (TPSA) is 63.8 Å². The van der Waals surface area contributed by atoms with E-state index in [2.05, 4.69) is 43.0 Å². The Bertz CT molecular complexity index is 393. The van der Waals surface area contributed by atoms with Crippen molar-refractivity contribution in [3.63, 3.8) is 0 Å². The Balaban J connectivity index is 3.02. The number of nitrogen functional groups attached to an aromatic ring is 1. The number of anilines is 2. The van der Waals surface area contributed by atoms with Gasteiger partial charge in [-0.3, -0.25) is 0 Å². The molecule has 0 spiro atoms. The molecule has 0 amide bonds. The maximum absolute atomic E-state index is 5.89. The van der Waals surface area contributed by atoms with Crippen molar-refractivity contribution in [2.75, 3.05) is 11.1 Å². The van der Waals surface area contributed by atoms with E-state index in [1.54, 1.807) is 0 Å². The summed E-state index contributed by atoms with van der Waals surface area (Å²) in [6, 6.07) is 0.320. The SMILES string of the molecule is CCc1nc(N)c(C)c(NC(C)C(C)(C)C)n1. The van der Waals surface area contributed by atoms with Crippen LogP contribution in [0.15, 0.2) is 0 Å². The lowest BCUT2D eigenvalue weighted by atomic mass is 9.88. The molecule has 4 nitrogen and oxygen atoms in total. The number of hydrogen-bond acceptors (Lipinski definition) is 4. The van der Waals surface area contributed by atoms with Gasteiger partial charge in [0, 0.05) is 18.0 Å². The molecule has 0 bridgehead atoms. The van der Waals surface area contributed by atoms with Gasteiger partial charge in [0.15, 0.2) is 0 Å². The molecule has 0 aliphatic heterocycles. The fraction of sp³-hybridized carbons (Fsp3) is 0.692. The van der Waals surface area contributed by atoms with Crippen molar-refractivity contribution < 1.29 is 0 Å². The number of nitrogens with two attached hydrogens (primary N) is 1. The maximum atomic E-state index is 5.89. The van der Waals surface area contributed by atoms with E-state index in [0.717, 1.165) is 23.6 Å². The van der Waals surface area contributed by atoms with Crippen LogP contribution in [-0.4, -0.2) is 16.0 Å². The molecule has 0 aliphatic carbocycles. The normalized spacial score (nSPS) is 13.5. The molecule has 1 rings (SSSR count). The van der Waals surface area contributed by atoms with Gasteiger partial charge in [-0.2, -0.15) is 0 Å². The summed E-state index contributed by atoms with van der Waals surface area (Å²) in [7, 11) is 0. The summed E-state index contributed by atoms with van der Waals surface area (Å²) in [6.07, 6.45) is 0.795. The molecule has 1 aromatic rings. The number of aryl methyl sites for hydroxylation is 1. The summed E-state index contributed by atoms with van der Waals surface area (Å²) in [5, 5.41) is 3.43. The largest absolute Gasteiger partial charge is 0.383 e. The quantitative estimate of drug-likeness (QED) is 0.847. The Morgan fingerprint density at radius 2 is 1.88 bits per heavy atom. The van der Waals surface area contributed by atoms with Gasteiger partial charge in [-0.05, 0) is 19.3 Å². The second-order valence-electron chi connectivity index (χ2n) is 5.58. The molecule has 3 N–H and O–H groups in total. The van der Waals surface area contributed by atoms with Gasteiger partial charge in [-0.25, -0.2) is 9.97 Å². The molecular weight excluding hydrogens is 212 g/mol. The van der Waals surface area contributed by atoms with Crippen LogP contribution in [-0.2, 0) is 6.42 Å². The third-order valence-corrected chi connectivity index (χ3v) is 3.20. The molecule has 0 aliphatic rings. The minimum atomic E-state index is 0.179. The van der Waals surface area contributed by atoms with Gasteiger partial charge in [-0.1, -0.05) is 27.7 Å². The molecule has 1 heterocycles. The lowest BCUT2D eigenvalue weighted by Gasteiger charge is -2.29. The first kappa shape index (κ1) is 13.7. The maximum Gasteiger partial charge on any atom is 0.134 e. The van der Waals surface area contributed by atoms with Crippen LogP contribution in [0.5, 0.6) is 0 Å². The number of rotatable bonds is 3. The van der Waals surface area contributed by atoms with Gasteiger partial charge < -0.3 is 11.1 Å². The van der Waals surface area contributed by atoms with Crippen molar-refractivity contribution in [1.29, 1.82) is 0 Å². The fourth-order valence-corrected chi connectivity index (χ4v) is 1.30. The third kappa shape index (κ3) is 3.32. The molecule has 17 heavy (non-hydrogen) atoms. The molecule has 0 saturated heterocycles. The molecule has 1 atom stereocenters. The molecule has 0 radical (unpaired) electrons. The molecule has 1 unspecified atom stereocenters. The van der Waals surface area contributed by atoms with Gasteiger partial charge in [0.1, 0.15) is 17.5 Å². The molecule has 96 valence electrons. The highest BCUT2D eigenvalue weighted by Gasteiger charge is 2.21. The Labute approximate surface area is 104 Å². The minimum absolute atomic E-state index is 0.179. The first-order valence-electron chi connectivity index (χ1n) is 6.15. The van der Waals surface area contributed by atoms with Crippen LogP contribution in [0.3, 0.4) is 0 Å². The van der Waals surface area contributed by atoms with E-state index in [0.29, 0.717) is 11.9 Å². The van der Waals surface area contributed by atoms with Crippen LogP contribution in [0, 0.1) is 12.3 Å². The summed E-state index contributed by atoms with van der Waals surface area (Å²) in [5.41, 5.74) is 7.00. The van der Waals surface area contributed by atoms with Gasteiger partial charge in [0.2, 0.25) is 0 Å².